The fourth-order valence-electron chi connectivity index (χ4n) is 2.73. The van der Waals surface area contributed by atoms with E-state index in [0.717, 1.165) is 0 Å². The lowest BCUT2D eigenvalue weighted by Gasteiger charge is -2.32. The predicted octanol–water partition coefficient (Wildman–Crippen LogP) is 1.35. The molecular weight excluding hydrogens is 302 g/mol. The second-order valence-electron chi connectivity index (χ2n) is 5.62. The van der Waals surface area contributed by atoms with Crippen molar-refractivity contribution < 1.29 is 19.6 Å². The van der Waals surface area contributed by atoms with Gasteiger partial charge in [0.05, 0.1) is 17.4 Å². The minimum absolute atomic E-state index is 0.0306. The number of aliphatic carboxylic acids is 1. The van der Waals surface area contributed by atoms with Crippen LogP contribution in [0.3, 0.4) is 0 Å². The molecule has 23 heavy (non-hydrogen) atoms. The molecule has 0 bridgehead atoms. The zero-order chi connectivity index (χ0) is 17.0. The first-order valence-electron chi connectivity index (χ1n) is 7.35. The Morgan fingerprint density at radius 1 is 1.43 bits per heavy atom. The first kappa shape index (κ1) is 16.7. The summed E-state index contributed by atoms with van der Waals surface area (Å²) in [4.78, 5) is 37.0. The van der Waals surface area contributed by atoms with E-state index in [0.29, 0.717) is 25.1 Å². The lowest BCUT2D eigenvalue weighted by molar-refractivity contribution is -0.384. The molecule has 1 fully saturated rings. The van der Waals surface area contributed by atoms with Crippen LogP contribution in [-0.2, 0) is 9.59 Å². The maximum absolute atomic E-state index is 12.4. The molecule has 0 aromatic heterocycles. The van der Waals surface area contributed by atoms with Crippen LogP contribution in [0.25, 0.3) is 0 Å². The number of carbonyl (C=O) groups excluding carboxylic acids is 1. The van der Waals surface area contributed by atoms with Gasteiger partial charge in [0.15, 0.2) is 0 Å². The number of amides is 1. The maximum Gasteiger partial charge on any atom is 0.308 e. The summed E-state index contributed by atoms with van der Waals surface area (Å²) in [5.41, 5.74) is 0.294. The van der Waals surface area contributed by atoms with Crippen molar-refractivity contribution in [1.29, 1.82) is 0 Å². The zero-order valence-corrected chi connectivity index (χ0v) is 12.8. The van der Waals surface area contributed by atoms with E-state index in [2.05, 4.69) is 0 Å². The van der Waals surface area contributed by atoms with Gasteiger partial charge in [-0.2, -0.15) is 0 Å². The molecule has 0 unspecified atom stereocenters. The average molecular weight is 321 g/mol. The van der Waals surface area contributed by atoms with Gasteiger partial charge in [0, 0.05) is 26.2 Å². The molecule has 1 aliphatic heterocycles. The highest BCUT2D eigenvalue weighted by molar-refractivity contribution is 5.83. The van der Waals surface area contributed by atoms with Crippen LogP contribution in [0, 0.1) is 16.0 Å². The van der Waals surface area contributed by atoms with Gasteiger partial charge in [-0.05, 0) is 18.9 Å². The summed E-state index contributed by atoms with van der Waals surface area (Å²) < 4.78 is 0. The summed E-state index contributed by atoms with van der Waals surface area (Å²) in [5.74, 6) is -1.66. The molecule has 0 saturated carbocycles. The standard InChI is InChI=1S/C15H19N3O5/c1-16(12-6-2-3-7-13(12)18(22)23)10-14(19)17-8-4-5-11(9-17)15(20)21/h2-3,6-7,11H,4-5,8-10H2,1H3,(H,20,21)/t11-/m0/s1. The van der Waals surface area contributed by atoms with Crippen molar-refractivity contribution in [3.8, 4) is 0 Å². The van der Waals surface area contributed by atoms with E-state index in [-0.39, 0.29) is 24.7 Å². The number of para-hydroxylation sites is 2. The molecule has 8 heteroatoms. The number of hydrogen-bond acceptors (Lipinski definition) is 5. The van der Waals surface area contributed by atoms with E-state index in [9.17, 15) is 19.7 Å². The topological polar surface area (TPSA) is 104 Å². The molecule has 2 rings (SSSR count). The molecule has 1 saturated heterocycles. The van der Waals surface area contributed by atoms with Gasteiger partial charge in [-0.3, -0.25) is 19.7 Å². The maximum atomic E-state index is 12.4. The third-order valence-electron chi connectivity index (χ3n) is 3.99. The predicted molar refractivity (Wildman–Crippen MR) is 83.3 cm³/mol. The Bertz CT molecular complexity index is 619. The minimum Gasteiger partial charge on any atom is -0.481 e. The number of nitro benzene ring substituents is 1. The second-order valence-corrected chi connectivity index (χ2v) is 5.62. The molecule has 1 N–H and O–H groups in total. The molecule has 1 aromatic rings. The summed E-state index contributed by atoms with van der Waals surface area (Å²) in [6.07, 6.45) is 1.22. The van der Waals surface area contributed by atoms with Crippen molar-refractivity contribution in [1.82, 2.24) is 4.90 Å². The summed E-state index contributed by atoms with van der Waals surface area (Å²) in [7, 11) is 1.61. The highest BCUT2D eigenvalue weighted by Crippen LogP contribution is 2.26. The van der Waals surface area contributed by atoms with Gasteiger partial charge >= 0.3 is 5.97 Å². The molecule has 0 radical (unpaired) electrons. The van der Waals surface area contributed by atoms with E-state index in [1.54, 1.807) is 25.2 Å². The van der Waals surface area contributed by atoms with Crippen molar-refractivity contribution in [2.75, 3.05) is 31.6 Å². The smallest absolute Gasteiger partial charge is 0.308 e. The molecule has 1 aromatic carbocycles. The van der Waals surface area contributed by atoms with E-state index in [1.807, 2.05) is 0 Å². The van der Waals surface area contributed by atoms with Gasteiger partial charge in [-0.25, -0.2) is 0 Å². The van der Waals surface area contributed by atoms with Crippen molar-refractivity contribution in [2.45, 2.75) is 12.8 Å². The fraction of sp³-hybridized carbons (Fsp3) is 0.467. The SMILES string of the molecule is CN(CC(=O)N1CCC[C@H](C(=O)O)C1)c1ccccc1[N+](=O)[O-]. The number of piperidine rings is 1. The van der Waals surface area contributed by atoms with Crippen LogP contribution in [0.1, 0.15) is 12.8 Å². The number of likely N-dealkylation sites (tertiary alicyclic amines) is 1. The first-order chi connectivity index (χ1) is 10.9. The summed E-state index contributed by atoms with van der Waals surface area (Å²) in [6, 6.07) is 6.21. The van der Waals surface area contributed by atoms with Gasteiger partial charge in [-0.1, -0.05) is 12.1 Å². The molecule has 1 atom stereocenters. The number of carboxylic acids is 1. The lowest BCUT2D eigenvalue weighted by atomic mass is 9.98. The third kappa shape index (κ3) is 3.97. The van der Waals surface area contributed by atoms with E-state index >= 15 is 0 Å². The van der Waals surface area contributed by atoms with Crippen LogP contribution in [-0.4, -0.2) is 53.5 Å². The van der Waals surface area contributed by atoms with Crippen LogP contribution >= 0.6 is 0 Å². The van der Waals surface area contributed by atoms with Gasteiger partial charge in [0.1, 0.15) is 5.69 Å². The van der Waals surface area contributed by atoms with Crippen LogP contribution in [0.5, 0.6) is 0 Å². The van der Waals surface area contributed by atoms with Crippen LogP contribution in [0.2, 0.25) is 0 Å². The van der Waals surface area contributed by atoms with Gasteiger partial charge in [0.2, 0.25) is 5.91 Å². The van der Waals surface area contributed by atoms with Crippen molar-refractivity contribution >= 4 is 23.3 Å². The quantitative estimate of drug-likeness (QED) is 0.648. The van der Waals surface area contributed by atoms with Crippen molar-refractivity contribution in [2.24, 2.45) is 5.92 Å². The lowest BCUT2D eigenvalue weighted by Crippen LogP contribution is -2.46. The summed E-state index contributed by atoms with van der Waals surface area (Å²) in [5, 5.41) is 20.1. The number of carboxylic acid groups (broad SMARTS) is 1. The second kappa shape index (κ2) is 7.08. The Kier molecular flexibility index (Phi) is 5.15. The third-order valence-corrected chi connectivity index (χ3v) is 3.99. The van der Waals surface area contributed by atoms with Crippen LogP contribution in [0.4, 0.5) is 11.4 Å². The monoisotopic (exact) mass is 321 g/mol. The zero-order valence-electron chi connectivity index (χ0n) is 12.8. The number of hydrogen-bond donors (Lipinski definition) is 1. The largest absolute Gasteiger partial charge is 0.481 e. The number of carbonyl (C=O) groups is 2. The summed E-state index contributed by atoms with van der Waals surface area (Å²) >= 11 is 0. The number of nitro groups is 1. The molecule has 1 heterocycles. The van der Waals surface area contributed by atoms with Crippen molar-refractivity contribution in [3.05, 3.63) is 34.4 Å². The first-order valence-corrected chi connectivity index (χ1v) is 7.35. The van der Waals surface area contributed by atoms with E-state index in [1.165, 1.54) is 15.9 Å². The number of anilines is 1. The minimum atomic E-state index is -0.894. The molecule has 8 nitrogen and oxygen atoms in total. The number of likely N-dealkylation sites (N-methyl/N-ethyl adjacent to an activating group) is 1. The normalized spacial score (nSPS) is 17.6. The molecule has 124 valence electrons. The van der Waals surface area contributed by atoms with Gasteiger partial charge in [-0.15, -0.1) is 0 Å². The average Bonchev–Trinajstić information content (AvgIpc) is 2.54. The molecule has 0 spiro atoms. The van der Waals surface area contributed by atoms with Crippen LogP contribution in [0.15, 0.2) is 24.3 Å². The fourth-order valence-corrected chi connectivity index (χ4v) is 2.73. The Hall–Kier alpha value is -2.64. The molecule has 1 aliphatic rings. The van der Waals surface area contributed by atoms with Crippen molar-refractivity contribution in [3.63, 3.8) is 0 Å². The van der Waals surface area contributed by atoms with E-state index in [4.69, 9.17) is 5.11 Å². The number of rotatable bonds is 5. The Balaban J connectivity index is 2.05. The highest BCUT2D eigenvalue weighted by atomic mass is 16.6. The van der Waals surface area contributed by atoms with Gasteiger partial charge in [0.25, 0.3) is 5.69 Å². The Morgan fingerprint density at radius 3 is 2.78 bits per heavy atom. The number of benzene rings is 1. The van der Waals surface area contributed by atoms with Crippen LogP contribution < -0.4 is 4.90 Å². The highest BCUT2D eigenvalue weighted by Gasteiger charge is 2.29. The Morgan fingerprint density at radius 2 is 2.13 bits per heavy atom. The Labute approximate surface area is 133 Å². The van der Waals surface area contributed by atoms with E-state index < -0.39 is 16.8 Å². The molecule has 0 aliphatic carbocycles. The molecule has 1 amide bonds. The van der Waals surface area contributed by atoms with Gasteiger partial charge < -0.3 is 14.9 Å². The summed E-state index contributed by atoms with van der Waals surface area (Å²) in [6.45, 7) is 0.684. The molecular formula is C15H19N3O5. The number of nitrogens with zero attached hydrogens (tertiary/aromatic N) is 3.